The molecule has 9 heteroatoms. The Kier molecular flexibility index (Phi) is 3.61. The number of hydrogen-bond acceptors (Lipinski definition) is 6. The third-order valence-electron chi connectivity index (χ3n) is 3.28. The van der Waals surface area contributed by atoms with Gasteiger partial charge >= 0.3 is 0 Å². The number of hydrazone groups is 1. The van der Waals surface area contributed by atoms with E-state index in [0.717, 1.165) is 0 Å². The molecule has 1 aromatic rings. The number of carbonyl (C=O) groups is 2. The average Bonchev–Trinajstić information content (AvgIpc) is 3.03. The van der Waals surface area contributed by atoms with E-state index < -0.39 is 5.92 Å². The maximum Gasteiger partial charge on any atom is 0.265 e. The summed E-state index contributed by atoms with van der Waals surface area (Å²) < 4.78 is 1.34. The van der Waals surface area contributed by atoms with Crippen LogP contribution in [0.2, 0.25) is 0 Å². The third kappa shape index (κ3) is 2.68. The van der Waals surface area contributed by atoms with Crippen LogP contribution in [0.1, 0.15) is 12.6 Å². The smallest absolute Gasteiger partial charge is 0.265 e. The molecule has 0 bridgehead atoms. The average molecular weight is 313 g/mol. The summed E-state index contributed by atoms with van der Waals surface area (Å²) in [5, 5.41) is 12.5. The van der Waals surface area contributed by atoms with Crippen molar-refractivity contribution in [1.29, 1.82) is 0 Å². The molecular weight excluding hydrogens is 298 g/mol. The molecule has 3 rings (SSSR count). The fourth-order valence-electron chi connectivity index (χ4n) is 2.26. The molecule has 9 nitrogen and oxygen atoms in total. The lowest BCUT2D eigenvalue weighted by Gasteiger charge is -2.17. The zero-order valence-electron chi connectivity index (χ0n) is 12.9. The molecule has 3 heterocycles. The minimum atomic E-state index is -0.554. The largest absolute Gasteiger partial charge is 0.307 e. The number of aliphatic imine (C=N–C) groups is 2. The van der Waals surface area contributed by atoms with Crippen molar-refractivity contribution in [3.63, 3.8) is 0 Å². The number of nitrogens with zero attached hydrogens (tertiary/aromatic N) is 6. The lowest BCUT2D eigenvalue weighted by molar-refractivity contribution is -0.118. The summed E-state index contributed by atoms with van der Waals surface area (Å²) in [5.41, 5.74) is 0.661. The molecule has 2 amide bonds. The molecule has 0 fully saturated rings. The van der Waals surface area contributed by atoms with Gasteiger partial charge < -0.3 is 5.32 Å². The number of fused-ring (bicyclic) bond motifs is 1. The van der Waals surface area contributed by atoms with Crippen molar-refractivity contribution in [2.45, 2.75) is 13.8 Å². The van der Waals surface area contributed by atoms with Gasteiger partial charge in [-0.1, -0.05) is 6.08 Å². The molecule has 1 aromatic heterocycles. The van der Waals surface area contributed by atoms with E-state index >= 15 is 0 Å². The molecule has 1 unspecified atom stereocenters. The molecule has 0 aromatic carbocycles. The predicted molar refractivity (Wildman–Crippen MR) is 85.4 cm³/mol. The van der Waals surface area contributed by atoms with E-state index in [1.54, 1.807) is 33.0 Å². The topological polar surface area (TPSA) is 104 Å². The minimum absolute atomic E-state index is 0.0995. The van der Waals surface area contributed by atoms with Crippen molar-refractivity contribution < 1.29 is 9.59 Å². The lowest BCUT2D eigenvalue weighted by Crippen LogP contribution is -2.35. The van der Waals surface area contributed by atoms with E-state index in [-0.39, 0.29) is 17.8 Å². The van der Waals surface area contributed by atoms with E-state index in [2.05, 4.69) is 25.5 Å². The first kappa shape index (κ1) is 14.8. The van der Waals surface area contributed by atoms with Gasteiger partial charge in [-0.15, -0.1) is 0 Å². The van der Waals surface area contributed by atoms with Gasteiger partial charge in [-0.05, 0) is 19.9 Å². The van der Waals surface area contributed by atoms with Gasteiger partial charge in [0.2, 0.25) is 5.91 Å². The Morgan fingerprint density at radius 3 is 2.91 bits per heavy atom. The Morgan fingerprint density at radius 1 is 1.39 bits per heavy atom. The number of rotatable bonds is 2. The van der Waals surface area contributed by atoms with Crippen LogP contribution in [0, 0.1) is 12.8 Å². The van der Waals surface area contributed by atoms with E-state index in [1.807, 2.05) is 0 Å². The summed E-state index contributed by atoms with van der Waals surface area (Å²) in [5.74, 6) is -0.246. The molecule has 2 aliphatic heterocycles. The first-order valence-corrected chi connectivity index (χ1v) is 6.99. The van der Waals surface area contributed by atoms with Gasteiger partial charge in [-0.3, -0.25) is 14.6 Å². The molecule has 0 saturated carbocycles. The van der Waals surface area contributed by atoms with Crippen molar-refractivity contribution in [2.75, 3.05) is 12.4 Å². The summed E-state index contributed by atoms with van der Waals surface area (Å²) in [6, 6.07) is 1.68. The maximum absolute atomic E-state index is 12.1. The zero-order chi connectivity index (χ0) is 16.6. The highest BCUT2D eigenvalue weighted by molar-refractivity contribution is 6.24. The molecule has 1 N–H and O–H groups in total. The monoisotopic (exact) mass is 313 g/mol. The van der Waals surface area contributed by atoms with Gasteiger partial charge in [0.25, 0.3) is 11.9 Å². The SMILES string of the molecule is C/C=C\C(=O)Nc1cc(C)nn1C1=NC(=O)C2C=NN(C)C2=N1. The lowest BCUT2D eigenvalue weighted by atomic mass is 10.1. The normalized spacial score (nSPS) is 19.9. The Labute approximate surface area is 132 Å². The molecule has 23 heavy (non-hydrogen) atoms. The van der Waals surface area contributed by atoms with Crippen molar-refractivity contribution >= 4 is 35.6 Å². The number of anilines is 1. The highest BCUT2D eigenvalue weighted by Gasteiger charge is 2.35. The van der Waals surface area contributed by atoms with Gasteiger partial charge in [-0.2, -0.15) is 24.9 Å². The summed E-state index contributed by atoms with van der Waals surface area (Å²) in [7, 11) is 1.70. The minimum Gasteiger partial charge on any atom is -0.307 e. The second kappa shape index (κ2) is 5.59. The van der Waals surface area contributed by atoms with Crippen LogP contribution in [0.3, 0.4) is 0 Å². The quantitative estimate of drug-likeness (QED) is 0.798. The van der Waals surface area contributed by atoms with Crippen LogP contribution >= 0.6 is 0 Å². The third-order valence-corrected chi connectivity index (χ3v) is 3.28. The summed E-state index contributed by atoms with van der Waals surface area (Å²) >= 11 is 0. The fourth-order valence-corrected chi connectivity index (χ4v) is 2.26. The van der Waals surface area contributed by atoms with Crippen LogP contribution in [0.4, 0.5) is 5.82 Å². The second-order valence-corrected chi connectivity index (χ2v) is 5.06. The number of amidine groups is 1. The molecule has 1 atom stereocenters. The van der Waals surface area contributed by atoms with Crippen molar-refractivity contribution in [3.8, 4) is 0 Å². The molecule has 0 aliphatic carbocycles. The summed E-state index contributed by atoms with van der Waals surface area (Å²) in [4.78, 5) is 32.2. The number of aryl methyl sites for hydroxylation is 1. The number of aromatic nitrogens is 2. The van der Waals surface area contributed by atoms with Crippen molar-refractivity contribution in [3.05, 3.63) is 23.9 Å². The molecule has 0 radical (unpaired) electrons. The number of carbonyl (C=O) groups excluding carboxylic acids is 2. The van der Waals surface area contributed by atoms with Gasteiger partial charge in [0, 0.05) is 19.3 Å². The maximum atomic E-state index is 12.1. The molecular formula is C14H15N7O2. The van der Waals surface area contributed by atoms with Crippen LogP contribution in [0.25, 0.3) is 0 Å². The Bertz CT molecular complexity index is 800. The standard InChI is InChI=1S/C14H15N7O2/c1-4-5-11(22)16-10-6-8(2)19-21(10)14-17-12-9(13(23)18-14)7-15-20(12)3/h4-7,9H,1-3H3,(H,16,22)/b5-4-. The number of amides is 2. The van der Waals surface area contributed by atoms with Crippen LogP contribution in [-0.4, -0.2) is 51.7 Å². The first-order valence-electron chi connectivity index (χ1n) is 6.99. The van der Waals surface area contributed by atoms with Crippen molar-refractivity contribution in [2.24, 2.45) is 21.0 Å². The van der Waals surface area contributed by atoms with E-state index in [9.17, 15) is 9.59 Å². The first-order chi connectivity index (χ1) is 11.0. The fraction of sp³-hybridized carbons (Fsp3) is 0.286. The van der Waals surface area contributed by atoms with E-state index in [0.29, 0.717) is 17.3 Å². The zero-order valence-corrected chi connectivity index (χ0v) is 12.9. The van der Waals surface area contributed by atoms with Crippen LogP contribution < -0.4 is 5.32 Å². The molecule has 2 aliphatic rings. The molecule has 118 valence electrons. The van der Waals surface area contributed by atoms with E-state index in [1.165, 1.54) is 22.0 Å². The summed E-state index contributed by atoms with van der Waals surface area (Å²) in [6.45, 7) is 3.52. The van der Waals surface area contributed by atoms with Gasteiger partial charge in [-0.25, -0.2) is 0 Å². The Morgan fingerprint density at radius 2 is 2.17 bits per heavy atom. The number of nitrogens with one attached hydrogen (secondary N) is 1. The van der Waals surface area contributed by atoms with Crippen LogP contribution in [-0.2, 0) is 9.59 Å². The van der Waals surface area contributed by atoms with Gasteiger partial charge in [0.1, 0.15) is 17.6 Å². The second-order valence-electron chi connectivity index (χ2n) is 5.06. The van der Waals surface area contributed by atoms with Gasteiger partial charge in [0.15, 0.2) is 0 Å². The van der Waals surface area contributed by atoms with Crippen LogP contribution in [0.15, 0.2) is 33.3 Å². The highest BCUT2D eigenvalue weighted by Crippen LogP contribution is 2.19. The highest BCUT2D eigenvalue weighted by atomic mass is 16.2. The van der Waals surface area contributed by atoms with Crippen molar-refractivity contribution in [1.82, 2.24) is 14.8 Å². The molecule has 0 saturated heterocycles. The molecule has 0 spiro atoms. The number of allylic oxidation sites excluding steroid dienone is 1. The Balaban J connectivity index is 1.98. The predicted octanol–water partition coefficient (Wildman–Crippen LogP) is 0.396. The van der Waals surface area contributed by atoms with E-state index in [4.69, 9.17) is 0 Å². The van der Waals surface area contributed by atoms with Gasteiger partial charge in [0.05, 0.1) is 5.69 Å². The summed E-state index contributed by atoms with van der Waals surface area (Å²) in [6.07, 6.45) is 4.52. The Hall–Kier alpha value is -3.10. The number of hydrogen-bond donors (Lipinski definition) is 1. The van der Waals surface area contributed by atoms with Crippen LogP contribution in [0.5, 0.6) is 0 Å².